The Bertz CT molecular complexity index is 810. The Labute approximate surface area is 142 Å². The lowest BCUT2D eigenvalue weighted by atomic mass is 10.1. The second-order valence-corrected chi connectivity index (χ2v) is 5.60. The first-order valence-electron chi connectivity index (χ1n) is 8.05. The molecule has 0 amide bonds. The third-order valence-electron chi connectivity index (χ3n) is 3.72. The number of hydrogen-bond acceptors (Lipinski definition) is 5. The molecule has 0 saturated heterocycles. The van der Waals surface area contributed by atoms with Crippen molar-refractivity contribution in [2.45, 2.75) is 20.8 Å². The van der Waals surface area contributed by atoms with Crippen molar-refractivity contribution in [1.29, 1.82) is 0 Å². The Morgan fingerprint density at radius 3 is 2.38 bits per heavy atom. The van der Waals surface area contributed by atoms with Crippen molar-refractivity contribution >= 4 is 17.5 Å². The van der Waals surface area contributed by atoms with E-state index in [0.29, 0.717) is 5.95 Å². The highest BCUT2D eigenvalue weighted by molar-refractivity contribution is 5.68. The molecule has 0 aliphatic rings. The van der Waals surface area contributed by atoms with Crippen LogP contribution in [0.4, 0.5) is 17.5 Å². The number of para-hydroxylation sites is 1. The molecule has 3 aromatic rings. The molecular weight excluding hydrogens is 298 g/mol. The molecule has 0 radical (unpaired) electrons. The summed E-state index contributed by atoms with van der Waals surface area (Å²) >= 11 is 0. The van der Waals surface area contributed by atoms with E-state index in [1.54, 1.807) is 6.20 Å². The van der Waals surface area contributed by atoms with Crippen LogP contribution >= 0.6 is 0 Å². The van der Waals surface area contributed by atoms with E-state index in [9.17, 15) is 0 Å². The molecule has 0 unspecified atom stereocenters. The fraction of sp³-hybridized carbons (Fsp3) is 0.211. The molecule has 0 aliphatic carbocycles. The van der Waals surface area contributed by atoms with Crippen LogP contribution < -0.4 is 10.6 Å². The van der Waals surface area contributed by atoms with Crippen molar-refractivity contribution in [3.8, 4) is 11.4 Å². The Hall–Kier alpha value is -2.95. The molecule has 0 atom stereocenters. The molecule has 0 saturated carbocycles. The molecule has 2 N–H and O–H groups in total. The normalized spacial score (nSPS) is 10.5. The summed E-state index contributed by atoms with van der Waals surface area (Å²) in [5.41, 5.74) is 5.04. The second-order valence-electron chi connectivity index (χ2n) is 5.60. The van der Waals surface area contributed by atoms with Gasteiger partial charge in [0, 0.05) is 24.5 Å². The van der Waals surface area contributed by atoms with Crippen LogP contribution in [0.15, 0.2) is 48.7 Å². The average molecular weight is 319 g/mol. The van der Waals surface area contributed by atoms with Crippen molar-refractivity contribution in [1.82, 2.24) is 15.0 Å². The predicted octanol–water partition coefficient (Wildman–Crippen LogP) is 4.33. The van der Waals surface area contributed by atoms with E-state index in [4.69, 9.17) is 0 Å². The van der Waals surface area contributed by atoms with Crippen molar-refractivity contribution < 1.29 is 0 Å². The number of anilines is 3. The maximum atomic E-state index is 4.57. The monoisotopic (exact) mass is 319 g/mol. The number of nitrogens with one attached hydrogen (secondary N) is 2. The van der Waals surface area contributed by atoms with Crippen LogP contribution in [0.3, 0.4) is 0 Å². The van der Waals surface area contributed by atoms with Crippen LogP contribution in [0.1, 0.15) is 18.1 Å². The van der Waals surface area contributed by atoms with Gasteiger partial charge in [-0.15, -0.1) is 0 Å². The van der Waals surface area contributed by atoms with Gasteiger partial charge >= 0.3 is 0 Å². The molecule has 0 fully saturated rings. The number of benzene rings is 1. The quantitative estimate of drug-likeness (QED) is 0.733. The minimum atomic E-state index is 0.592. The molecule has 24 heavy (non-hydrogen) atoms. The lowest BCUT2D eigenvalue weighted by molar-refractivity contribution is 1.08. The first-order valence-corrected chi connectivity index (χ1v) is 8.05. The van der Waals surface area contributed by atoms with Gasteiger partial charge in [-0.2, -0.15) is 4.98 Å². The summed E-state index contributed by atoms with van der Waals surface area (Å²) in [5.74, 6) is 1.34. The molecule has 122 valence electrons. The van der Waals surface area contributed by atoms with Gasteiger partial charge < -0.3 is 10.6 Å². The van der Waals surface area contributed by atoms with E-state index in [-0.39, 0.29) is 0 Å². The lowest BCUT2D eigenvalue weighted by Gasteiger charge is -2.14. The largest absolute Gasteiger partial charge is 0.354 e. The summed E-state index contributed by atoms with van der Waals surface area (Å²) < 4.78 is 0. The number of hydrogen-bond donors (Lipinski definition) is 2. The number of nitrogens with zero attached hydrogens (tertiary/aromatic N) is 3. The zero-order chi connectivity index (χ0) is 16.9. The zero-order valence-corrected chi connectivity index (χ0v) is 14.2. The molecule has 5 nitrogen and oxygen atoms in total. The molecule has 1 aromatic carbocycles. The fourth-order valence-electron chi connectivity index (χ4n) is 2.53. The highest BCUT2D eigenvalue weighted by Crippen LogP contribution is 2.26. The fourth-order valence-corrected chi connectivity index (χ4v) is 2.53. The van der Waals surface area contributed by atoms with E-state index in [1.807, 2.05) is 31.2 Å². The standard InChI is InChI=1S/C19H21N5/c1-4-20-19-22-16(15-10-5-6-11-21-15)12-17(24-19)23-18-13(2)8-7-9-14(18)3/h5-12H,4H2,1-3H3,(H2,20,22,23,24). The summed E-state index contributed by atoms with van der Waals surface area (Å²) in [6, 6.07) is 13.9. The number of aromatic nitrogens is 3. The van der Waals surface area contributed by atoms with Gasteiger partial charge in [0.05, 0.1) is 11.4 Å². The van der Waals surface area contributed by atoms with E-state index < -0.39 is 0 Å². The van der Waals surface area contributed by atoms with Gasteiger partial charge in [0.1, 0.15) is 5.82 Å². The summed E-state index contributed by atoms with van der Waals surface area (Å²) in [7, 11) is 0. The van der Waals surface area contributed by atoms with Crippen LogP contribution in [0.2, 0.25) is 0 Å². The molecule has 0 aliphatic heterocycles. The lowest BCUT2D eigenvalue weighted by Crippen LogP contribution is -2.06. The van der Waals surface area contributed by atoms with Crippen molar-refractivity contribution in [2.75, 3.05) is 17.2 Å². The Kier molecular flexibility index (Phi) is 4.70. The van der Waals surface area contributed by atoms with E-state index >= 15 is 0 Å². The highest BCUT2D eigenvalue weighted by atomic mass is 15.1. The third kappa shape index (κ3) is 3.51. The number of aryl methyl sites for hydroxylation is 2. The number of rotatable bonds is 5. The third-order valence-corrected chi connectivity index (χ3v) is 3.72. The summed E-state index contributed by atoms with van der Waals surface area (Å²) in [5, 5.41) is 6.61. The van der Waals surface area contributed by atoms with Crippen LogP contribution in [0, 0.1) is 13.8 Å². The second kappa shape index (κ2) is 7.08. The van der Waals surface area contributed by atoms with Gasteiger partial charge in [0.2, 0.25) is 5.95 Å². The molecule has 2 aromatic heterocycles. The number of pyridine rings is 1. The van der Waals surface area contributed by atoms with E-state index in [0.717, 1.165) is 29.4 Å². The van der Waals surface area contributed by atoms with Gasteiger partial charge in [-0.1, -0.05) is 24.3 Å². The molecule has 2 heterocycles. The summed E-state index contributed by atoms with van der Waals surface area (Å²) in [4.78, 5) is 13.5. The van der Waals surface area contributed by atoms with Gasteiger partial charge in [0.25, 0.3) is 0 Å². The van der Waals surface area contributed by atoms with E-state index in [2.05, 4.69) is 57.6 Å². The molecule has 3 rings (SSSR count). The van der Waals surface area contributed by atoms with Crippen LogP contribution in [0.25, 0.3) is 11.4 Å². The zero-order valence-electron chi connectivity index (χ0n) is 14.2. The SMILES string of the molecule is CCNc1nc(Nc2c(C)cccc2C)cc(-c2ccccn2)n1. The minimum Gasteiger partial charge on any atom is -0.354 e. The van der Waals surface area contributed by atoms with E-state index in [1.165, 1.54) is 11.1 Å². The van der Waals surface area contributed by atoms with Gasteiger partial charge in [-0.25, -0.2) is 4.98 Å². The van der Waals surface area contributed by atoms with Crippen molar-refractivity contribution in [3.05, 3.63) is 59.8 Å². The van der Waals surface area contributed by atoms with Gasteiger partial charge in [0.15, 0.2) is 0 Å². The Morgan fingerprint density at radius 2 is 1.71 bits per heavy atom. The topological polar surface area (TPSA) is 62.7 Å². The predicted molar refractivity (Wildman–Crippen MR) is 98.6 cm³/mol. The van der Waals surface area contributed by atoms with Crippen LogP contribution in [-0.2, 0) is 0 Å². The first-order chi connectivity index (χ1) is 11.7. The minimum absolute atomic E-state index is 0.592. The smallest absolute Gasteiger partial charge is 0.225 e. The molecular formula is C19H21N5. The van der Waals surface area contributed by atoms with Crippen LogP contribution in [-0.4, -0.2) is 21.5 Å². The Balaban J connectivity index is 2.02. The molecule has 0 bridgehead atoms. The summed E-state index contributed by atoms with van der Waals surface area (Å²) in [6.07, 6.45) is 1.77. The Morgan fingerprint density at radius 1 is 0.917 bits per heavy atom. The highest BCUT2D eigenvalue weighted by Gasteiger charge is 2.09. The van der Waals surface area contributed by atoms with Gasteiger partial charge in [-0.3, -0.25) is 4.98 Å². The van der Waals surface area contributed by atoms with Gasteiger partial charge in [-0.05, 0) is 44.0 Å². The average Bonchev–Trinajstić information content (AvgIpc) is 2.59. The van der Waals surface area contributed by atoms with Crippen molar-refractivity contribution in [3.63, 3.8) is 0 Å². The maximum absolute atomic E-state index is 4.57. The molecule has 0 spiro atoms. The molecule has 5 heteroatoms. The summed E-state index contributed by atoms with van der Waals surface area (Å²) in [6.45, 7) is 6.95. The maximum Gasteiger partial charge on any atom is 0.225 e. The first kappa shape index (κ1) is 15.9. The van der Waals surface area contributed by atoms with Crippen molar-refractivity contribution in [2.24, 2.45) is 0 Å². The van der Waals surface area contributed by atoms with Crippen LogP contribution in [0.5, 0.6) is 0 Å².